The van der Waals surface area contributed by atoms with Crippen LogP contribution in [-0.4, -0.2) is 12.6 Å². The van der Waals surface area contributed by atoms with Crippen LogP contribution in [0.5, 0.6) is 0 Å². The summed E-state index contributed by atoms with van der Waals surface area (Å²) in [5.41, 5.74) is 0. The lowest BCUT2D eigenvalue weighted by atomic mass is 10.2. The molecule has 0 saturated carbocycles. The number of halogens is 1. The highest BCUT2D eigenvalue weighted by molar-refractivity contribution is 6.40. The average Bonchev–Trinajstić information content (AvgIpc) is 2.03. The third-order valence-electron chi connectivity index (χ3n) is 1.45. The average molecular weight is 191 g/mol. The molecule has 0 rings (SSSR count). The van der Waals surface area contributed by atoms with Crippen molar-refractivity contribution in [1.82, 2.24) is 0 Å². The SMILES string of the molecule is C=C(Cl)C(=O)OCCCCCC. The predicted octanol–water partition coefficient (Wildman–Crippen LogP) is 2.86. The van der Waals surface area contributed by atoms with E-state index >= 15 is 0 Å². The van der Waals surface area contributed by atoms with Crippen LogP contribution in [0.1, 0.15) is 32.6 Å². The molecule has 0 fully saturated rings. The van der Waals surface area contributed by atoms with Gasteiger partial charge in [-0.3, -0.25) is 0 Å². The van der Waals surface area contributed by atoms with E-state index in [2.05, 4.69) is 13.5 Å². The predicted molar refractivity (Wildman–Crippen MR) is 50.1 cm³/mol. The second-order valence-electron chi connectivity index (χ2n) is 2.60. The highest BCUT2D eigenvalue weighted by Crippen LogP contribution is 2.03. The van der Waals surface area contributed by atoms with Crippen molar-refractivity contribution in [3.8, 4) is 0 Å². The summed E-state index contributed by atoms with van der Waals surface area (Å²) in [5.74, 6) is -0.506. The molecule has 0 aliphatic carbocycles. The van der Waals surface area contributed by atoms with E-state index in [0.29, 0.717) is 6.61 Å². The Balaban J connectivity index is 3.20. The Morgan fingerprint density at radius 3 is 2.58 bits per heavy atom. The third-order valence-corrected chi connectivity index (χ3v) is 1.61. The maximum absolute atomic E-state index is 10.7. The van der Waals surface area contributed by atoms with E-state index in [-0.39, 0.29) is 5.03 Å². The molecule has 0 atom stereocenters. The minimum absolute atomic E-state index is 0.0505. The molecule has 0 aromatic heterocycles. The zero-order valence-corrected chi connectivity index (χ0v) is 8.19. The van der Waals surface area contributed by atoms with Crippen LogP contribution in [0.3, 0.4) is 0 Å². The second kappa shape index (κ2) is 7.17. The van der Waals surface area contributed by atoms with Crippen molar-refractivity contribution in [3.05, 3.63) is 11.6 Å². The molecule has 2 nitrogen and oxygen atoms in total. The van der Waals surface area contributed by atoms with E-state index in [1.807, 2.05) is 0 Å². The summed E-state index contributed by atoms with van der Waals surface area (Å²) < 4.78 is 4.78. The van der Waals surface area contributed by atoms with Gasteiger partial charge < -0.3 is 4.74 Å². The van der Waals surface area contributed by atoms with E-state index in [9.17, 15) is 4.79 Å². The molecule has 70 valence electrons. The lowest BCUT2D eigenvalue weighted by Crippen LogP contribution is -2.04. The molecule has 0 radical (unpaired) electrons. The Morgan fingerprint density at radius 1 is 1.42 bits per heavy atom. The van der Waals surface area contributed by atoms with Crippen molar-refractivity contribution in [3.63, 3.8) is 0 Å². The van der Waals surface area contributed by atoms with Gasteiger partial charge in [0.15, 0.2) is 0 Å². The standard InChI is InChI=1S/C9H15ClO2/c1-3-4-5-6-7-12-9(11)8(2)10/h2-7H2,1H3. The zero-order valence-electron chi connectivity index (χ0n) is 7.44. The van der Waals surface area contributed by atoms with Gasteiger partial charge in [0.1, 0.15) is 5.03 Å². The summed E-state index contributed by atoms with van der Waals surface area (Å²) in [5, 5.41) is -0.0505. The normalized spacial score (nSPS) is 9.50. The Bertz CT molecular complexity index is 155. The zero-order chi connectivity index (χ0) is 9.40. The van der Waals surface area contributed by atoms with Crippen molar-refractivity contribution in [2.75, 3.05) is 6.61 Å². The molecular weight excluding hydrogens is 176 g/mol. The van der Waals surface area contributed by atoms with E-state index in [1.165, 1.54) is 12.8 Å². The highest BCUT2D eigenvalue weighted by atomic mass is 35.5. The monoisotopic (exact) mass is 190 g/mol. The molecule has 12 heavy (non-hydrogen) atoms. The summed E-state index contributed by atoms with van der Waals surface area (Å²) in [7, 11) is 0. The highest BCUT2D eigenvalue weighted by Gasteiger charge is 2.03. The van der Waals surface area contributed by atoms with E-state index < -0.39 is 5.97 Å². The van der Waals surface area contributed by atoms with Gasteiger partial charge in [0.05, 0.1) is 6.61 Å². The van der Waals surface area contributed by atoms with Crippen molar-refractivity contribution in [2.24, 2.45) is 0 Å². The fraction of sp³-hybridized carbons (Fsp3) is 0.667. The van der Waals surface area contributed by atoms with Gasteiger partial charge in [-0.25, -0.2) is 4.79 Å². The summed E-state index contributed by atoms with van der Waals surface area (Å²) >= 11 is 5.30. The third kappa shape index (κ3) is 6.23. The van der Waals surface area contributed by atoms with Crippen molar-refractivity contribution in [1.29, 1.82) is 0 Å². The van der Waals surface area contributed by atoms with Crippen LogP contribution >= 0.6 is 11.6 Å². The van der Waals surface area contributed by atoms with E-state index in [0.717, 1.165) is 12.8 Å². The van der Waals surface area contributed by atoms with Crippen LogP contribution in [-0.2, 0) is 9.53 Å². The number of carbonyl (C=O) groups excluding carboxylic acids is 1. The maximum Gasteiger partial charge on any atom is 0.349 e. The van der Waals surface area contributed by atoms with Gasteiger partial charge in [0, 0.05) is 0 Å². The topological polar surface area (TPSA) is 26.3 Å². The second-order valence-corrected chi connectivity index (χ2v) is 3.06. The smallest absolute Gasteiger partial charge is 0.349 e. The van der Waals surface area contributed by atoms with Gasteiger partial charge in [-0.2, -0.15) is 0 Å². The molecule has 0 spiro atoms. The molecule has 0 aliphatic rings. The van der Waals surface area contributed by atoms with Crippen molar-refractivity contribution < 1.29 is 9.53 Å². The molecule has 0 aromatic carbocycles. The summed E-state index contributed by atoms with van der Waals surface area (Å²) in [6.45, 7) is 5.84. The van der Waals surface area contributed by atoms with Gasteiger partial charge in [0.25, 0.3) is 0 Å². The molecule has 0 unspecified atom stereocenters. The quantitative estimate of drug-likeness (QED) is 0.366. The summed E-state index contributed by atoms with van der Waals surface area (Å²) in [6.07, 6.45) is 4.36. The molecule has 0 saturated heterocycles. The molecule has 0 heterocycles. The first-order valence-corrected chi connectivity index (χ1v) is 4.57. The first-order valence-electron chi connectivity index (χ1n) is 4.20. The van der Waals surface area contributed by atoms with Gasteiger partial charge in [-0.05, 0) is 6.42 Å². The Morgan fingerprint density at radius 2 is 2.08 bits per heavy atom. The Labute approximate surface area is 78.5 Å². The minimum Gasteiger partial charge on any atom is -0.461 e. The first kappa shape index (κ1) is 11.5. The summed E-state index contributed by atoms with van der Waals surface area (Å²) in [6, 6.07) is 0. The van der Waals surface area contributed by atoms with E-state index in [4.69, 9.17) is 16.3 Å². The fourth-order valence-corrected chi connectivity index (χ4v) is 0.827. The number of hydrogen-bond donors (Lipinski definition) is 0. The number of rotatable bonds is 6. The first-order chi connectivity index (χ1) is 5.68. The van der Waals surface area contributed by atoms with Gasteiger partial charge >= 0.3 is 5.97 Å². The van der Waals surface area contributed by atoms with Crippen LogP contribution < -0.4 is 0 Å². The van der Waals surface area contributed by atoms with Crippen LogP contribution in [0.15, 0.2) is 11.6 Å². The number of hydrogen-bond acceptors (Lipinski definition) is 2. The largest absolute Gasteiger partial charge is 0.461 e. The number of unbranched alkanes of at least 4 members (excludes halogenated alkanes) is 3. The van der Waals surface area contributed by atoms with Gasteiger partial charge in [-0.15, -0.1) is 0 Å². The number of carbonyl (C=O) groups is 1. The molecule has 0 N–H and O–H groups in total. The molecule has 0 amide bonds. The van der Waals surface area contributed by atoms with Crippen molar-refractivity contribution >= 4 is 17.6 Å². The summed E-state index contributed by atoms with van der Waals surface area (Å²) in [4.78, 5) is 10.7. The molecule has 0 aliphatic heterocycles. The number of esters is 1. The van der Waals surface area contributed by atoms with E-state index in [1.54, 1.807) is 0 Å². The van der Waals surface area contributed by atoms with Gasteiger partial charge in [-0.1, -0.05) is 44.4 Å². The Hall–Kier alpha value is -0.500. The maximum atomic E-state index is 10.7. The lowest BCUT2D eigenvalue weighted by molar-refractivity contribution is -0.138. The fourth-order valence-electron chi connectivity index (χ4n) is 0.772. The number of ether oxygens (including phenoxy) is 1. The van der Waals surface area contributed by atoms with Crippen LogP contribution in [0.25, 0.3) is 0 Å². The van der Waals surface area contributed by atoms with Crippen LogP contribution in [0.2, 0.25) is 0 Å². The molecule has 0 aromatic rings. The van der Waals surface area contributed by atoms with Crippen LogP contribution in [0.4, 0.5) is 0 Å². The molecular formula is C9H15ClO2. The van der Waals surface area contributed by atoms with Gasteiger partial charge in [0.2, 0.25) is 0 Å². The minimum atomic E-state index is -0.506. The molecule has 3 heteroatoms. The molecule has 0 bridgehead atoms. The van der Waals surface area contributed by atoms with Crippen molar-refractivity contribution in [2.45, 2.75) is 32.6 Å². The lowest BCUT2D eigenvalue weighted by Gasteiger charge is -2.01. The van der Waals surface area contributed by atoms with Crippen LogP contribution in [0, 0.1) is 0 Å². The Kier molecular flexibility index (Phi) is 6.87.